The van der Waals surface area contributed by atoms with Crippen LogP contribution >= 0.6 is 0 Å². The number of carboxylic acids is 1. The van der Waals surface area contributed by atoms with Gasteiger partial charge in [0.25, 0.3) is 0 Å². The van der Waals surface area contributed by atoms with Crippen LogP contribution in [0.4, 0.5) is 0 Å². The molecule has 0 aromatic heterocycles. The lowest BCUT2D eigenvalue weighted by Gasteiger charge is -1.82. The van der Waals surface area contributed by atoms with Gasteiger partial charge in [-0.3, -0.25) is 4.79 Å². The highest BCUT2D eigenvalue weighted by Gasteiger charge is 1.80. The van der Waals surface area contributed by atoms with Gasteiger partial charge in [-0.2, -0.15) is 0 Å². The third-order valence-corrected chi connectivity index (χ3v) is 1.24. The summed E-state index contributed by atoms with van der Waals surface area (Å²) in [5, 5.41) is 7.72. The van der Waals surface area contributed by atoms with E-state index < -0.39 is 5.97 Å². The van der Waals surface area contributed by atoms with Gasteiger partial charge in [-0.05, 0) is 6.92 Å². The summed E-state index contributed by atoms with van der Waals surface area (Å²) in [4.78, 5) is 9.37. The molecule has 0 aliphatic carbocycles. The fourth-order valence-electron chi connectivity index (χ4n) is 0.534. The lowest BCUT2D eigenvalue weighted by Crippen LogP contribution is -1.86. The lowest BCUT2D eigenvalue weighted by atomic mass is 10.2. The molecule has 80 valence electrons. The lowest BCUT2D eigenvalue weighted by molar-refractivity contribution is -0.136. The van der Waals surface area contributed by atoms with Crippen molar-refractivity contribution < 1.29 is 9.90 Å². The van der Waals surface area contributed by atoms with Crippen molar-refractivity contribution in [3.63, 3.8) is 0 Å². The molecule has 0 spiro atoms. The molecule has 2 nitrogen and oxygen atoms in total. The molecule has 14 heavy (non-hydrogen) atoms. The largest absolute Gasteiger partial charge is 0.481 e. The van der Waals surface area contributed by atoms with E-state index in [1.54, 1.807) is 6.92 Å². The van der Waals surface area contributed by atoms with Crippen LogP contribution in [0.5, 0.6) is 0 Å². The zero-order valence-electron chi connectivity index (χ0n) is 9.45. The number of hydrogen-bond donors (Lipinski definition) is 1. The smallest absolute Gasteiger partial charge is 0.303 e. The van der Waals surface area contributed by atoms with Gasteiger partial charge in [0.15, 0.2) is 0 Å². The first-order valence-electron chi connectivity index (χ1n) is 4.90. The molecule has 0 saturated heterocycles. The molecule has 0 fully saturated rings. The number of aryl methyl sites for hydroxylation is 1. The van der Waals surface area contributed by atoms with Crippen molar-refractivity contribution in [2.24, 2.45) is 0 Å². The van der Waals surface area contributed by atoms with Gasteiger partial charge in [0.1, 0.15) is 0 Å². The zero-order chi connectivity index (χ0) is 11.4. The van der Waals surface area contributed by atoms with Crippen LogP contribution in [0.25, 0.3) is 0 Å². The molecule has 0 bridgehead atoms. The summed E-state index contributed by atoms with van der Waals surface area (Å²) in [7, 11) is 0. The van der Waals surface area contributed by atoms with E-state index in [-0.39, 0.29) is 6.42 Å². The van der Waals surface area contributed by atoms with E-state index in [2.05, 4.69) is 19.1 Å². The fourth-order valence-corrected chi connectivity index (χ4v) is 0.534. The number of carboxylic acid groups (broad SMARTS) is 1. The van der Waals surface area contributed by atoms with Gasteiger partial charge < -0.3 is 5.11 Å². The predicted octanol–water partition coefficient (Wildman–Crippen LogP) is 3.50. The third kappa shape index (κ3) is 13.3. The average Bonchev–Trinajstić information content (AvgIpc) is 2.23. The van der Waals surface area contributed by atoms with Gasteiger partial charge in [-0.15, -0.1) is 0 Å². The van der Waals surface area contributed by atoms with E-state index in [4.69, 9.17) is 5.11 Å². The Bertz CT molecular complexity index is 217. The highest BCUT2D eigenvalue weighted by Crippen LogP contribution is 1.92. The molecule has 1 aromatic rings. The van der Waals surface area contributed by atoms with Crippen LogP contribution < -0.4 is 0 Å². The van der Waals surface area contributed by atoms with Crippen molar-refractivity contribution >= 4 is 5.97 Å². The Kier molecular flexibility index (Phi) is 12.7. The molecular formula is C12H20O2. The zero-order valence-corrected chi connectivity index (χ0v) is 9.45. The van der Waals surface area contributed by atoms with E-state index >= 15 is 0 Å². The highest BCUT2D eigenvalue weighted by molar-refractivity contribution is 5.66. The second kappa shape index (κ2) is 11.7. The summed E-state index contributed by atoms with van der Waals surface area (Å²) in [6.45, 7) is 7.68. The molecule has 0 unspecified atom stereocenters. The van der Waals surface area contributed by atoms with E-state index in [0.29, 0.717) is 0 Å². The topological polar surface area (TPSA) is 37.3 Å². The normalized spacial score (nSPS) is 7.43. The number of rotatable bonds is 1. The molecule has 0 heterocycles. The summed E-state index contributed by atoms with van der Waals surface area (Å²) >= 11 is 0. The van der Waals surface area contributed by atoms with E-state index in [0.717, 1.165) is 0 Å². The number of carbonyl (C=O) groups is 1. The number of hydrogen-bond acceptors (Lipinski definition) is 1. The SMILES string of the molecule is CC.CCC(=O)O.Cc1ccccc1. The Morgan fingerprint density at radius 3 is 1.71 bits per heavy atom. The molecule has 1 N–H and O–H groups in total. The Labute approximate surface area is 86.6 Å². The molecule has 1 aromatic carbocycles. The standard InChI is InChI=1S/C7H8.C3H6O2.C2H6/c1-7-5-3-2-4-6-7;1-2-3(4)5;1-2/h2-6H,1H3;2H2,1H3,(H,4,5);1-2H3. The minimum Gasteiger partial charge on any atom is -0.481 e. The monoisotopic (exact) mass is 196 g/mol. The van der Waals surface area contributed by atoms with E-state index in [1.165, 1.54) is 5.56 Å². The molecule has 0 radical (unpaired) electrons. The predicted molar refractivity (Wildman–Crippen MR) is 60.5 cm³/mol. The summed E-state index contributed by atoms with van der Waals surface area (Å²) < 4.78 is 0. The average molecular weight is 196 g/mol. The van der Waals surface area contributed by atoms with Crippen LogP contribution in [-0.2, 0) is 4.79 Å². The molecule has 0 saturated carbocycles. The maximum atomic E-state index is 9.37. The summed E-state index contributed by atoms with van der Waals surface area (Å²) in [6, 6.07) is 10.3. The number of aliphatic carboxylic acids is 1. The van der Waals surface area contributed by atoms with E-state index in [1.807, 2.05) is 32.0 Å². The Balaban J connectivity index is 0. The molecular weight excluding hydrogens is 176 g/mol. The van der Waals surface area contributed by atoms with E-state index in [9.17, 15) is 4.79 Å². The molecule has 0 aliphatic heterocycles. The minimum atomic E-state index is -0.745. The van der Waals surface area contributed by atoms with Crippen LogP contribution in [0.15, 0.2) is 30.3 Å². The first kappa shape index (κ1) is 15.2. The third-order valence-electron chi connectivity index (χ3n) is 1.24. The fraction of sp³-hybridized carbons (Fsp3) is 0.417. The van der Waals surface area contributed by atoms with Gasteiger partial charge in [0.05, 0.1) is 0 Å². The van der Waals surface area contributed by atoms with Crippen LogP contribution in [0.1, 0.15) is 32.8 Å². The molecule has 0 aliphatic rings. The first-order valence-corrected chi connectivity index (χ1v) is 4.90. The van der Waals surface area contributed by atoms with Gasteiger partial charge in [-0.25, -0.2) is 0 Å². The van der Waals surface area contributed by atoms with Gasteiger partial charge in [0.2, 0.25) is 0 Å². The second-order valence-corrected chi connectivity index (χ2v) is 2.40. The van der Waals surface area contributed by atoms with Gasteiger partial charge >= 0.3 is 5.97 Å². The Hall–Kier alpha value is -1.31. The first-order chi connectivity index (χ1) is 6.66. The summed E-state index contributed by atoms with van der Waals surface area (Å²) in [5.74, 6) is -0.745. The Morgan fingerprint density at radius 2 is 1.57 bits per heavy atom. The van der Waals surface area contributed by atoms with Crippen molar-refractivity contribution in [3.8, 4) is 0 Å². The second-order valence-electron chi connectivity index (χ2n) is 2.40. The quantitative estimate of drug-likeness (QED) is 0.746. The molecule has 1 rings (SSSR count). The van der Waals surface area contributed by atoms with Crippen molar-refractivity contribution in [3.05, 3.63) is 35.9 Å². The Morgan fingerprint density at radius 1 is 1.21 bits per heavy atom. The van der Waals surface area contributed by atoms with Crippen molar-refractivity contribution in [1.82, 2.24) is 0 Å². The van der Waals surface area contributed by atoms with Crippen LogP contribution in [0, 0.1) is 6.92 Å². The van der Waals surface area contributed by atoms with Crippen molar-refractivity contribution in [2.75, 3.05) is 0 Å². The number of benzene rings is 1. The maximum absolute atomic E-state index is 9.37. The molecule has 0 amide bonds. The van der Waals surface area contributed by atoms with Crippen molar-refractivity contribution in [2.45, 2.75) is 34.1 Å². The van der Waals surface area contributed by atoms with Crippen molar-refractivity contribution in [1.29, 1.82) is 0 Å². The molecule has 0 atom stereocenters. The maximum Gasteiger partial charge on any atom is 0.303 e. The molecule has 2 heteroatoms. The van der Waals surface area contributed by atoms with Gasteiger partial charge in [0, 0.05) is 6.42 Å². The van der Waals surface area contributed by atoms with Crippen LogP contribution in [0.3, 0.4) is 0 Å². The summed E-state index contributed by atoms with van der Waals surface area (Å²) in [5.41, 5.74) is 1.32. The van der Waals surface area contributed by atoms with Crippen LogP contribution in [0.2, 0.25) is 0 Å². The minimum absolute atomic E-state index is 0.222. The van der Waals surface area contributed by atoms with Gasteiger partial charge in [-0.1, -0.05) is 56.7 Å². The summed E-state index contributed by atoms with van der Waals surface area (Å²) in [6.07, 6.45) is 0.222. The highest BCUT2D eigenvalue weighted by atomic mass is 16.4. The van der Waals surface area contributed by atoms with Crippen LogP contribution in [-0.4, -0.2) is 11.1 Å².